The van der Waals surface area contributed by atoms with E-state index in [1.165, 1.54) is 26.2 Å². The average molecular weight is 366 g/mol. The first kappa shape index (κ1) is 19.0. The van der Waals surface area contributed by atoms with Crippen molar-refractivity contribution in [2.75, 3.05) is 25.0 Å². The second-order valence-electron chi connectivity index (χ2n) is 6.87. The number of anilines is 1. The molecule has 2 aromatic rings. The predicted molar refractivity (Wildman–Crippen MR) is 106 cm³/mol. The second-order valence-corrected chi connectivity index (χ2v) is 6.87. The number of pyridine rings is 1. The van der Waals surface area contributed by atoms with Crippen LogP contribution in [0.15, 0.2) is 48.8 Å². The number of Topliss-reactive ketones (excluding diaryl/α,β-unsaturated/α-hetero) is 1. The van der Waals surface area contributed by atoms with E-state index >= 15 is 0 Å². The zero-order chi connectivity index (χ0) is 19.1. The van der Waals surface area contributed by atoms with E-state index in [1.54, 1.807) is 30.5 Å². The van der Waals surface area contributed by atoms with Crippen molar-refractivity contribution >= 4 is 17.5 Å². The molecule has 1 fully saturated rings. The van der Waals surface area contributed by atoms with Crippen LogP contribution in [0.25, 0.3) is 0 Å². The van der Waals surface area contributed by atoms with Gasteiger partial charge in [0, 0.05) is 30.2 Å². The standard InChI is InChI=1S/C21H26N4O2/c1-16(26)17-7-9-19(10-8-17)24-21(27)23-15-20(18-6-5-11-22-14-18)25-12-3-2-4-13-25/h5-11,14,20H,2-4,12-13,15H2,1H3,(H2,23,24,27). The molecule has 2 N–H and O–H groups in total. The molecule has 1 aliphatic rings. The maximum Gasteiger partial charge on any atom is 0.319 e. The minimum Gasteiger partial charge on any atom is -0.336 e. The Morgan fingerprint density at radius 3 is 2.48 bits per heavy atom. The Kier molecular flexibility index (Phi) is 6.54. The normalized spacial score (nSPS) is 15.7. The maximum atomic E-state index is 12.3. The zero-order valence-corrected chi connectivity index (χ0v) is 15.6. The summed E-state index contributed by atoms with van der Waals surface area (Å²) in [6, 6.07) is 10.8. The largest absolute Gasteiger partial charge is 0.336 e. The third-order valence-corrected chi connectivity index (χ3v) is 4.91. The van der Waals surface area contributed by atoms with Crippen LogP contribution in [0.5, 0.6) is 0 Å². The number of carbonyl (C=O) groups excluding carboxylic acids is 2. The highest BCUT2D eigenvalue weighted by Gasteiger charge is 2.23. The third kappa shape index (κ3) is 5.37. The molecule has 0 saturated carbocycles. The number of hydrogen-bond donors (Lipinski definition) is 2. The molecule has 6 heteroatoms. The van der Waals surface area contributed by atoms with Gasteiger partial charge in [0.15, 0.2) is 5.78 Å². The maximum absolute atomic E-state index is 12.3. The van der Waals surface area contributed by atoms with Gasteiger partial charge in [-0.05, 0) is 68.8 Å². The molecule has 0 spiro atoms. The van der Waals surface area contributed by atoms with E-state index < -0.39 is 0 Å². The van der Waals surface area contributed by atoms with E-state index in [-0.39, 0.29) is 17.9 Å². The van der Waals surface area contributed by atoms with Crippen LogP contribution >= 0.6 is 0 Å². The molecule has 0 radical (unpaired) electrons. The highest BCUT2D eigenvalue weighted by Crippen LogP contribution is 2.23. The Labute approximate surface area is 160 Å². The van der Waals surface area contributed by atoms with Crippen LogP contribution in [-0.2, 0) is 0 Å². The Morgan fingerprint density at radius 2 is 1.85 bits per heavy atom. The first-order valence-electron chi connectivity index (χ1n) is 9.43. The molecule has 1 atom stereocenters. The van der Waals surface area contributed by atoms with Crippen LogP contribution in [0.4, 0.5) is 10.5 Å². The van der Waals surface area contributed by atoms with Gasteiger partial charge in [0.1, 0.15) is 0 Å². The SMILES string of the molecule is CC(=O)c1ccc(NC(=O)NCC(c2cccnc2)N2CCCCC2)cc1. The predicted octanol–water partition coefficient (Wildman–Crippen LogP) is 3.63. The van der Waals surface area contributed by atoms with Gasteiger partial charge in [-0.2, -0.15) is 0 Å². The van der Waals surface area contributed by atoms with Gasteiger partial charge in [-0.15, -0.1) is 0 Å². The molecule has 1 saturated heterocycles. The summed E-state index contributed by atoms with van der Waals surface area (Å²) in [5.41, 5.74) is 2.40. The molecule has 1 aliphatic heterocycles. The lowest BCUT2D eigenvalue weighted by molar-refractivity contribution is 0.101. The molecule has 0 aliphatic carbocycles. The number of hydrogen-bond acceptors (Lipinski definition) is 4. The Hall–Kier alpha value is -2.73. The molecular formula is C21H26N4O2. The summed E-state index contributed by atoms with van der Waals surface area (Å²) in [4.78, 5) is 30.3. The van der Waals surface area contributed by atoms with Gasteiger partial charge in [0.25, 0.3) is 0 Å². The summed E-state index contributed by atoms with van der Waals surface area (Å²) >= 11 is 0. The van der Waals surface area contributed by atoms with Crippen LogP contribution in [0, 0.1) is 0 Å². The van der Waals surface area contributed by atoms with Crippen molar-refractivity contribution in [2.24, 2.45) is 0 Å². The topological polar surface area (TPSA) is 74.3 Å². The number of piperidine rings is 1. The summed E-state index contributed by atoms with van der Waals surface area (Å²) in [6.45, 7) is 4.11. The molecular weight excluding hydrogens is 340 g/mol. The fourth-order valence-corrected chi connectivity index (χ4v) is 3.41. The van der Waals surface area contributed by atoms with E-state index in [4.69, 9.17) is 0 Å². The van der Waals surface area contributed by atoms with E-state index in [2.05, 4.69) is 26.6 Å². The van der Waals surface area contributed by atoms with Gasteiger partial charge in [-0.1, -0.05) is 12.5 Å². The van der Waals surface area contributed by atoms with Gasteiger partial charge in [-0.25, -0.2) is 4.79 Å². The lowest BCUT2D eigenvalue weighted by Gasteiger charge is -2.34. The lowest BCUT2D eigenvalue weighted by Crippen LogP contribution is -2.41. The molecule has 1 unspecified atom stereocenters. The van der Waals surface area contributed by atoms with Crippen LogP contribution in [0.2, 0.25) is 0 Å². The van der Waals surface area contributed by atoms with Crippen LogP contribution < -0.4 is 10.6 Å². The number of nitrogens with zero attached hydrogens (tertiary/aromatic N) is 2. The van der Waals surface area contributed by atoms with Crippen LogP contribution in [0.1, 0.15) is 48.1 Å². The second kappa shape index (κ2) is 9.28. The van der Waals surface area contributed by atoms with Crippen molar-refractivity contribution in [1.82, 2.24) is 15.2 Å². The van der Waals surface area contributed by atoms with Gasteiger partial charge < -0.3 is 10.6 Å². The zero-order valence-electron chi connectivity index (χ0n) is 15.6. The van der Waals surface area contributed by atoms with Crippen molar-refractivity contribution in [3.05, 3.63) is 59.9 Å². The summed E-state index contributed by atoms with van der Waals surface area (Å²) in [6.07, 6.45) is 7.28. The van der Waals surface area contributed by atoms with Gasteiger partial charge in [-0.3, -0.25) is 14.7 Å². The van der Waals surface area contributed by atoms with Crippen molar-refractivity contribution in [3.8, 4) is 0 Å². The Morgan fingerprint density at radius 1 is 1.11 bits per heavy atom. The van der Waals surface area contributed by atoms with Crippen molar-refractivity contribution in [3.63, 3.8) is 0 Å². The molecule has 142 valence electrons. The van der Waals surface area contributed by atoms with Crippen molar-refractivity contribution < 1.29 is 9.59 Å². The fraction of sp³-hybridized carbons (Fsp3) is 0.381. The smallest absolute Gasteiger partial charge is 0.319 e. The van der Waals surface area contributed by atoms with E-state index in [9.17, 15) is 9.59 Å². The summed E-state index contributed by atoms with van der Waals surface area (Å²) < 4.78 is 0. The van der Waals surface area contributed by atoms with Crippen LogP contribution in [-0.4, -0.2) is 41.3 Å². The van der Waals surface area contributed by atoms with Gasteiger partial charge in [0.2, 0.25) is 0 Å². The van der Waals surface area contributed by atoms with Crippen molar-refractivity contribution in [1.29, 1.82) is 0 Å². The van der Waals surface area contributed by atoms with E-state index in [0.29, 0.717) is 17.8 Å². The van der Waals surface area contributed by atoms with Gasteiger partial charge >= 0.3 is 6.03 Å². The fourth-order valence-electron chi connectivity index (χ4n) is 3.41. The van der Waals surface area contributed by atoms with E-state index in [0.717, 1.165) is 18.7 Å². The first-order chi connectivity index (χ1) is 13.1. The molecule has 6 nitrogen and oxygen atoms in total. The molecule has 27 heavy (non-hydrogen) atoms. The number of ketones is 1. The number of amides is 2. The minimum absolute atomic E-state index is 0.00634. The number of likely N-dealkylation sites (tertiary alicyclic amines) is 1. The monoisotopic (exact) mass is 366 g/mol. The minimum atomic E-state index is -0.253. The molecule has 0 bridgehead atoms. The molecule has 2 amide bonds. The Bertz CT molecular complexity index is 756. The highest BCUT2D eigenvalue weighted by molar-refractivity contribution is 5.95. The molecule has 1 aromatic heterocycles. The summed E-state index contributed by atoms with van der Waals surface area (Å²) in [7, 11) is 0. The number of rotatable bonds is 6. The number of urea groups is 1. The first-order valence-corrected chi connectivity index (χ1v) is 9.43. The van der Waals surface area contributed by atoms with E-state index in [1.807, 2.05) is 12.3 Å². The summed E-state index contributed by atoms with van der Waals surface area (Å²) in [5, 5.41) is 5.80. The average Bonchev–Trinajstić information content (AvgIpc) is 2.70. The molecule has 3 rings (SSSR count). The number of nitrogens with one attached hydrogen (secondary N) is 2. The molecule has 2 heterocycles. The third-order valence-electron chi connectivity index (χ3n) is 4.91. The highest BCUT2D eigenvalue weighted by atomic mass is 16.2. The number of carbonyl (C=O) groups is 2. The number of aromatic nitrogens is 1. The Balaban J connectivity index is 1.60. The quantitative estimate of drug-likeness (QED) is 0.766. The van der Waals surface area contributed by atoms with Crippen molar-refractivity contribution in [2.45, 2.75) is 32.2 Å². The number of benzene rings is 1. The summed E-state index contributed by atoms with van der Waals surface area (Å²) in [5.74, 6) is 0.00634. The molecule has 1 aromatic carbocycles. The van der Waals surface area contributed by atoms with Gasteiger partial charge in [0.05, 0.1) is 6.04 Å². The lowest BCUT2D eigenvalue weighted by atomic mass is 10.0. The van der Waals surface area contributed by atoms with Crippen LogP contribution in [0.3, 0.4) is 0 Å².